The van der Waals surface area contributed by atoms with Crippen LogP contribution in [0, 0.1) is 0 Å². The van der Waals surface area contributed by atoms with E-state index in [1.165, 1.54) is 19.6 Å². The molecule has 2 saturated heterocycles. The Hall–Kier alpha value is -2.79. The number of nitrogen functional groups attached to an aromatic ring is 1. The van der Waals surface area contributed by atoms with E-state index in [4.69, 9.17) is 38.1 Å². The number of phosphoric ester groups is 1. The largest absolute Gasteiger partial charge is 0.482 e. The topological polar surface area (TPSA) is 297 Å². The minimum absolute atomic E-state index is 0.0427. The van der Waals surface area contributed by atoms with Gasteiger partial charge < -0.3 is 54.3 Å². The zero-order chi connectivity index (χ0) is 37.1. The Morgan fingerprint density at radius 3 is 2.36 bits per heavy atom. The highest BCUT2D eigenvalue weighted by Crippen LogP contribution is 2.66. The highest BCUT2D eigenvalue weighted by molar-refractivity contribution is 8.45. The Morgan fingerprint density at radius 2 is 1.74 bits per heavy atom. The van der Waals surface area contributed by atoms with Gasteiger partial charge >= 0.3 is 32.5 Å². The van der Waals surface area contributed by atoms with Gasteiger partial charge in [-0.3, -0.25) is 23.4 Å². The highest BCUT2D eigenvalue weighted by Gasteiger charge is 2.55. The lowest BCUT2D eigenvalue weighted by Crippen LogP contribution is -2.63. The smallest absolute Gasteiger partial charge is 0.463 e. The summed E-state index contributed by atoms with van der Waals surface area (Å²) in [6.45, 7) is -3.76. The van der Waals surface area contributed by atoms with Crippen LogP contribution >= 0.6 is 26.9 Å². The van der Waals surface area contributed by atoms with Crippen molar-refractivity contribution in [2.24, 2.45) is 0 Å². The lowest BCUT2D eigenvalue weighted by Gasteiger charge is -2.43. The number of esters is 3. The molecular formula is C25H35FN4O17P2S. The molecule has 0 bridgehead atoms. The molecular weight excluding hydrogens is 741 g/mol. The number of carbonyl (C=O) groups is 3. The molecule has 12 atom stereocenters. The first-order chi connectivity index (χ1) is 23.3. The maximum Gasteiger partial charge on any atom is 0.482 e. The second kappa shape index (κ2) is 16.3. The van der Waals surface area contributed by atoms with Crippen molar-refractivity contribution >= 4 is 61.7 Å². The number of nitrogens with one attached hydrogen (secondary N) is 1. The second-order valence-electron chi connectivity index (χ2n) is 10.9. The van der Waals surface area contributed by atoms with Crippen molar-refractivity contribution in [1.82, 2.24) is 15.3 Å². The molecule has 280 valence electrons. The number of rotatable bonds is 14. The number of phosphoric acid groups is 1. The Kier molecular flexibility index (Phi) is 13.0. The van der Waals surface area contributed by atoms with Gasteiger partial charge in [0.1, 0.15) is 49.0 Å². The van der Waals surface area contributed by atoms with E-state index in [2.05, 4.69) is 36.6 Å². The predicted octanol–water partition coefficient (Wildman–Crippen LogP) is 0.232. The molecule has 0 saturated carbocycles. The number of nitrogens with zero attached hydrogens (tertiary/aromatic N) is 2. The van der Waals surface area contributed by atoms with Crippen LogP contribution in [0.4, 0.5) is 10.2 Å². The molecule has 25 heteroatoms. The van der Waals surface area contributed by atoms with Crippen LogP contribution in [0.2, 0.25) is 0 Å². The highest BCUT2D eigenvalue weighted by atomic mass is 32.7. The minimum Gasteiger partial charge on any atom is -0.463 e. The number of aromatic nitrogens is 2. The van der Waals surface area contributed by atoms with Crippen LogP contribution in [0.15, 0.2) is 17.0 Å². The first-order valence-electron chi connectivity index (χ1n) is 14.5. The summed E-state index contributed by atoms with van der Waals surface area (Å²) < 4.78 is 87.3. The van der Waals surface area contributed by atoms with Gasteiger partial charge in [0.05, 0.1) is 18.9 Å². The van der Waals surface area contributed by atoms with E-state index in [0.717, 1.165) is 20.8 Å². The fourth-order valence-corrected chi connectivity index (χ4v) is 8.43. The number of aliphatic hydroxyl groups excluding tert-OH is 2. The number of carbonyl (C=O) groups excluding carboxylic acids is 3. The summed E-state index contributed by atoms with van der Waals surface area (Å²) in [7, 11) is -4.17. The number of alkyl halides is 1. The fourth-order valence-electron chi connectivity index (χ4n) is 5.24. The molecule has 2 aromatic rings. The molecule has 21 nitrogen and oxygen atoms in total. The first-order valence-corrected chi connectivity index (χ1v) is 18.7. The summed E-state index contributed by atoms with van der Waals surface area (Å²) in [5, 5.41) is 24.7. The third-order valence-corrected chi connectivity index (χ3v) is 10.9. The van der Waals surface area contributed by atoms with Gasteiger partial charge in [-0.2, -0.15) is 4.31 Å². The number of hydrogen-bond donors (Lipinski definition) is 6. The monoisotopic (exact) mass is 776 g/mol. The molecule has 0 amide bonds. The van der Waals surface area contributed by atoms with Crippen LogP contribution < -0.4 is 11.1 Å². The van der Waals surface area contributed by atoms with Crippen LogP contribution in [0.5, 0.6) is 0 Å². The average Bonchev–Trinajstić information content (AvgIpc) is 3.57. The van der Waals surface area contributed by atoms with E-state index in [-0.39, 0.29) is 16.9 Å². The molecule has 0 radical (unpaired) electrons. The van der Waals surface area contributed by atoms with Crippen molar-refractivity contribution in [3.05, 3.63) is 18.2 Å². The zero-order valence-corrected chi connectivity index (χ0v) is 29.3. The molecule has 0 aromatic carbocycles. The van der Waals surface area contributed by atoms with E-state index in [0.29, 0.717) is 5.56 Å². The van der Waals surface area contributed by atoms with Gasteiger partial charge in [0.25, 0.3) is 0 Å². The Morgan fingerprint density at radius 1 is 1.08 bits per heavy atom. The quantitative estimate of drug-likeness (QED) is 0.0648. The molecule has 2 aliphatic rings. The van der Waals surface area contributed by atoms with Crippen LogP contribution in [-0.4, -0.2) is 118 Å². The summed E-state index contributed by atoms with van der Waals surface area (Å²) >= 11 is 3.71. The maximum absolute atomic E-state index is 15.2. The van der Waals surface area contributed by atoms with Gasteiger partial charge in [0.2, 0.25) is 6.29 Å². The molecule has 7 unspecified atom stereocenters. The van der Waals surface area contributed by atoms with Crippen molar-refractivity contribution in [2.45, 2.75) is 82.0 Å². The van der Waals surface area contributed by atoms with Gasteiger partial charge in [-0.25, -0.2) is 23.5 Å². The Labute approximate surface area is 287 Å². The van der Waals surface area contributed by atoms with E-state index in [1.807, 2.05) is 0 Å². The van der Waals surface area contributed by atoms with Gasteiger partial charge in [-0.1, -0.05) is 12.2 Å². The summed E-state index contributed by atoms with van der Waals surface area (Å²) in [4.78, 5) is 53.2. The zero-order valence-electron chi connectivity index (χ0n) is 26.6. The number of ether oxygens (including phenoxy) is 5. The van der Waals surface area contributed by atoms with Gasteiger partial charge in [-0.15, -0.1) is 0 Å². The number of halogens is 1. The molecule has 4 heterocycles. The Bertz CT molecular complexity index is 1650. The maximum atomic E-state index is 15.2. The van der Waals surface area contributed by atoms with Gasteiger partial charge in [-0.05, 0) is 7.05 Å². The number of fused-ring (bicyclic) bond motifs is 1. The molecule has 6 N–H and O–H groups in total. The molecule has 4 rings (SSSR count). The molecule has 2 aliphatic heterocycles. The van der Waals surface area contributed by atoms with Crippen LogP contribution in [0.3, 0.4) is 0 Å². The summed E-state index contributed by atoms with van der Waals surface area (Å²) in [5.74, 6) is -2.98. The Balaban J connectivity index is 1.48. The van der Waals surface area contributed by atoms with E-state index < -0.39 is 107 Å². The van der Waals surface area contributed by atoms with Crippen molar-refractivity contribution in [3.8, 4) is 0 Å². The van der Waals surface area contributed by atoms with Gasteiger partial charge in [0, 0.05) is 26.3 Å². The number of anilines is 1. The van der Waals surface area contributed by atoms with Crippen molar-refractivity contribution < 1.29 is 84.5 Å². The number of nitrogens with two attached hydrogens (primary N) is 1. The molecule has 50 heavy (non-hydrogen) atoms. The number of hydrogen-bond acceptors (Lipinski definition) is 20. The third kappa shape index (κ3) is 9.55. The van der Waals surface area contributed by atoms with Gasteiger partial charge in [0.15, 0.2) is 29.8 Å². The summed E-state index contributed by atoms with van der Waals surface area (Å²) in [6.07, 6.45) is -13.8. The summed E-state index contributed by atoms with van der Waals surface area (Å²) in [6, 6.07) is -0.876. The van der Waals surface area contributed by atoms with Crippen LogP contribution in [0.1, 0.15) is 32.4 Å². The molecule has 2 fully saturated rings. The van der Waals surface area contributed by atoms with Crippen molar-refractivity contribution in [1.29, 1.82) is 0 Å². The number of furan rings is 1. The van der Waals surface area contributed by atoms with Crippen molar-refractivity contribution in [2.75, 3.05) is 26.0 Å². The summed E-state index contributed by atoms with van der Waals surface area (Å²) in [5.41, 5.74) is 6.52. The molecule has 2 aromatic heterocycles. The first kappa shape index (κ1) is 40.0. The minimum atomic E-state index is -5.66. The third-order valence-electron chi connectivity index (χ3n) is 7.26. The second-order valence-corrected chi connectivity index (χ2v) is 15.3. The van der Waals surface area contributed by atoms with E-state index in [9.17, 15) is 38.6 Å². The number of likely N-dealkylation sites (N-methyl/N-ethyl adjacent to an activating group) is 1. The lowest BCUT2D eigenvalue weighted by atomic mass is 9.95. The SMILES string of the molecule is CN[C@H]1[C@@H](O)[C@H](c2coc3c(N)ncnc23)O[C@@H]1COP(=O)(S)OP(=O)(O)OC1OC([C@@H](F)COC(C)=O)C(OC(C)=O)C(O)C1OC(C)=O. The fraction of sp³-hybridized carbons (Fsp3) is 0.640. The van der Waals surface area contributed by atoms with Crippen LogP contribution in [0.25, 0.3) is 11.1 Å². The molecule has 0 aliphatic carbocycles. The standard InChI is InChI=1S/C25H35FN4O17P2S/c1-9(31)39-6-13(26)20-22(42-10(2)32)18(35)23(43-11(3)33)25(45-20)46-48(36,37)47-49(38,50)41-7-14-16(28-4)17(34)19(44-14)12-5-40-21-15(12)29-8-30-24(21)27/h5,8,13-14,16-20,22-23,25,28,34-35H,6-7H2,1-4H3,(H,36,37)(H,38,50)(H2,27,29,30)/t13-,14+,16+,17+,18?,19-,20?,22?,23?,25?,49?/m0/s1. The van der Waals surface area contributed by atoms with Crippen LogP contribution in [-0.2, 0) is 60.6 Å². The molecule has 0 spiro atoms. The van der Waals surface area contributed by atoms with E-state index in [1.54, 1.807) is 0 Å². The number of thiol groups is 1. The lowest BCUT2D eigenvalue weighted by molar-refractivity contribution is -0.293. The van der Waals surface area contributed by atoms with Crippen molar-refractivity contribution in [3.63, 3.8) is 0 Å². The van der Waals surface area contributed by atoms with E-state index >= 15 is 4.39 Å². The normalized spacial score (nSPS) is 31.3. The predicted molar refractivity (Wildman–Crippen MR) is 165 cm³/mol. The number of aliphatic hydroxyl groups is 2. The average molecular weight is 777 g/mol.